The van der Waals surface area contributed by atoms with Gasteiger partial charge in [-0.25, -0.2) is 0 Å². The van der Waals surface area contributed by atoms with E-state index in [1.807, 2.05) is 17.8 Å². The van der Waals surface area contributed by atoms with Gasteiger partial charge in [0.1, 0.15) is 0 Å². The lowest BCUT2D eigenvalue weighted by atomic mass is 10.2. The Morgan fingerprint density at radius 3 is 2.82 bits per heavy atom. The van der Waals surface area contributed by atoms with E-state index in [1.54, 1.807) is 6.20 Å². The summed E-state index contributed by atoms with van der Waals surface area (Å²) in [5, 5.41) is 7.69. The number of hydrogen-bond donors (Lipinski definition) is 0. The Kier molecular flexibility index (Phi) is 7.96. The van der Waals surface area contributed by atoms with Crippen molar-refractivity contribution in [1.29, 1.82) is 0 Å². The molecular formula is C13H21N3O. The normalized spacial score (nSPS) is 9.94. The largest absolute Gasteiger partial charge is 0.380 e. The zero-order valence-electron chi connectivity index (χ0n) is 10.6. The van der Waals surface area contributed by atoms with Crippen LogP contribution in [0.3, 0.4) is 0 Å². The maximum absolute atomic E-state index is 5.46. The lowest BCUT2D eigenvalue weighted by Gasteiger charge is -2.02. The number of aryl methyl sites for hydroxylation is 1. The van der Waals surface area contributed by atoms with Gasteiger partial charge in [-0.2, -0.15) is 0 Å². The molecule has 0 unspecified atom stereocenters. The first kappa shape index (κ1) is 13.7. The topological polar surface area (TPSA) is 39.9 Å². The molecule has 0 atom stereocenters. The van der Waals surface area contributed by atoms with Gasteiger partial charge in [-0.3, -0.25) is 4.68 Å². The van der Waals surface area contributed by atoms with Gasteiger partial charge in [0.2, 0.25) is 0 Å². The molecule has 0 radical (unpaired) electrons. The molecule has 0 saturated heterocycles. The van der Waals surface area contributed by atoms with E-state index >= 15 is 0 Å². The first-order valence-electron chi connectivity index (χ1n) is 6.25. The number of unbranched alkanes of at least 4 members (excludes halogenated alkanes) is 3. The van der Waals surface area contributed by atoms with Crippen molar-refractivity contribution in [2.75, 3.05) is 13.2 Å². The van der Waals surface area contributed by atoms with E-state index in [0.717, 1.165) is 39.0 Å². The molecule has 0 bridgehead atoms. The Labute approximate surface area is 103 Å². The van der Waals surface area contributed by atoms with Gasteiger partial charge < -0.3 is 4.74 Å². The van der Waals surface area contributed by atoms with Crippen LogP contribution in [-0.4, -0.2) is 28.2 Å². The van der Waals surface area contributed by atoms with Crippen molar-refractivity contribution in [3.8, 4) is 11.8 Å². The molecule has 1 heterocycles. The van der Waals surface area contributed by atoms with E-state index in [4.69, 9.17) is 4.74 Å². The third-order valence-corrected chi connectivity index (χ3v) is 2.45. The minimum absolute atomic E-state index is 0.764. The molecule has 0 spiro atoms. The molecule has 0 aliphatic heterocycles. The molecule has 94 valence electrons. The van der Waals surface area contributed by atoms with E-state index in [9.17, 15) is 0 Å². The highest BCUT2D eigenvalue weighted by Crippen LogP contribution is 2.01. The Bertz CT molecular complexity index is 324. The maximum Gasteiger partial charge on any atom is 0.0692 e. The molecule has 1 aromatic heterocycles. The van der Waals surface area contributed by atoms with Crippen LogP contribution in [0.25, 0.3) is 0 Å². The highest BCUT2D eigenvalue weighted by atomic mass is 16.5. The van der Waals surface area contributed by atoms with Gasteiger partial charge in [-0.15, -0.1) is 16.9 Å². The molecule has 0 fully saturated rings. The van der Waals surface area contributed by atoms with Crippen molar-refractivity contribution in [2.24, 2.45) is 0 Å². The Balaban J connectivity index is 1.79. The van der Waals surface area contributed by atoms with Crippen molar-refractivity contribution >= 4 is 0 Å². The smallest absolute Gasteiger partial charge is 0.0692 e. The molecule has 4 nitrogen and oxygen atoms in total. The molecule has 0 aromatic carbocycles. The lowest BCUT2D eigenvalue weighted by molar-refractivity contribution is 0.135. The third kappa shape index (κ3) is 7.53. The van der Waals surface area contributed by atoms with Crippen molar-refractivity contribution in [3.63, 3.8) is 0 Å². The maximum atomic E-state index is 5.46. The molecule has 1 rings (SSSR count). The molecular weight excluding hydrogens is 214 g/mol. The van der Waals surface area contributed by atoms with Crippen LogP contribution in [0.15, 0.2) is 12.4 Å². The summed E-state index contributed by atoms with van der Waals surface area (Å²) in [6, 6.07) is 0. The summed E-state index contributed by atoms with van der Waals surface area (Å²) in [6.45, 7) is 4.44. The second kappa shape index (κ2) is 9.86. The zero-order chi connectivity index (χ0) is 12.2. The van der Waals surface area contributed by atoms with E-state index in [2.05, 4.69) is 22.2 Å². The number of aromatic nitrogens is 3. The second-order valence-electron chi connectivity index (χ2n) is 3.87. The summed E-state index contributed by atoms with van der Waals surface area (Å²) in [6.07, 6.45) is 9.20. The summed E-state index contributed by atoms with van der Waals surface area (Å²) >= 11 is 0. The van der Waals surface area contributed by atoms with Crippen LogP contribution in [0.4, 0.5) is 0 Å². The summed E-state index contributed by atoms with van der Waals surface area (Å²) < 4.78 is 7.33. The third-order valence-electron chi connectivity index (χ3n) is 2.45. The van der Waals surface area contributed by atoms with Crippen molar-refractivity contribution < 1.29 is 4.74 Å². The Morgan fingerprint density at radius 1 is 1.18 bits per heavy atom. The van der Waals surface area contributed by atoms with E-state index in [-0.39, 0.29) is 0 Å². The molecule has 0 saturated carbocycles. The quantitative estimate of drug-likeness (QED) is 0.487. The van der Waals surface area contributed by atoms with Gasteiger partial charge >= 0.3 is 0 Å². The van der Waals surface area contributed by atoms with Crippen molar-refractivity contribution in [1.82, 2.24) is 15.0 Å². The Hall–Kier alpha value is -1.34. The predicted octanol–water partition coefficient (Wildman–Crippen LogP) is 2.27. The van der Waals surface area contributed by atoms with Gasteiger partial charge in [0, 0.05) is 25.8 Å². The zero-order valence-corrected chi connectivity index (χ0v) is 10.6. The van der Waals surface area contributed by atoms with Crippen molar-refractivity contribution in [2.45, 2.75) is 45.6 Å². The van der Waals surface area contributed by atoms with E-state index in [1.165, 1.54) is 12.8 Å². The summed E-state index contributed by atoms with van der Waals surface area (Å²) in [5.41, 5.74) is 0. The highest BCUT2D eigenvalue weighted by molar-refractivity contribution is 4.94. The van der Waals surface area contributed by atoms with Gasteiger partial charge in [0.05, 0.1) is 12.8 Å². The van der Waals surface area contributed by atoms with Crippen LogP contribution >= 0.6 is 0 Å². The Morgan fingerprint density at radius 2 is 2.06 bits per heavy atom. The first-order valence-corrected chi connectivity index (χ1v) is 6.25. The number of ether oxygens (including phenoxy) is 1. The number of hydrogen-bond acceptors (Lipinski definition) is 3. The van der Waals surface area contributed by atoms with Crippen molar-refractivity contribution in [3.05, 3.63) is 12.4 Å². The summed E-state index contributed by atoms with van der Waals surface area (Å²) in [4.78, 5) is 0. The fraction of sp³-hybridized carbons (Fsp3) is 0.692. The van der Waals surface area contributed by atoms with Crippen LogP contribution < -0.4 is 0 Å². The molecule has 4 heteroatoms. The summed E-state index contributed by atoms with van der Waals surface area (Å²) in [7, 11) is 0. The van der Waals surface area contributed by atoms with Gasteiger partial charge in [-0.05, 0) is 19.8 Å². The van der Waals surface area contributed by atoms with Crippen LogP contribution in [0, 0.1) is 11.8 Å². The summed E-state index contributed by atoms with van der Waals surface area (Å²) in [5.74, 6) is 5.84. The SMILES string of the molecule is CC#CCCOCCCCCCn1ccnn1. The molecule has 0 aliphatic rings. The van der Waals surface area contributed by atoms with Gasteiger partial charge in [0.25, 0.3) is 0 Å². The molecule has 0 amide bonds. The fourth-order valence-corrected chi connectivity index (χ4v) is 1.53. The number of rotatable bonds is 9. The van der Waals surface area contributed by atoms with Crippen LogP contribution in [0.2, 0.25) is 0 Å². The van der Waals surface area contributed by atoms with E-state index in [0.29, 0.717) is 0 Å². The second-order valence-corrected chi connectivity index (χ2v) is 3.87. The van der Waals surface area contributed by atoms with Gasteiger partial charge in [-0.1, -0.05) is 18.1 Å². The standard InChI is InChI=1S/C13H21N3O/c1-2-3-7-12-17-13-8-5-4-6-10-16-11-9-14-15-16/h9,11H,4-8,10,12-13H2,1H3. The molecule has 17 heavy (non-hydrogen) atoms. The highest BCUT2D eigenvalue weighted by Gasteiger charge is 1.93. The number of nitrogens with zero attached hydrogens (tertiary/aromatic N) is 3. The minimum Gasteiger partial charge on any atom is -0.380 e. The van der Waals surface area contributed by atoms with Crippen LogP contribution in [-0.2, 0) is 11.3 Å². The molecule has 0 N–H and O–H groups in total. The lowest BCUT2D eigenvalue weighted by Crippen LogP contribution is -2.00. The minimum atomic E-state index is 0.764. The molecule has 1 aromatic rings. The predicted molar refractivity (Wildman–Crippen MR) is 67.4 cm³/mol. The average Bonchev–Trinajstić information content (AvgIpc) is 2.85. The molecule has 0 aliphatic carbocycles. The van der Waals surface area contributed by atoms with Crippen LogP contribution in [0.1, 0.15) is 39.0 Å². The monoisotopic (exact) mass is 235 g/mol. The van der Waals surface area contributed by atoms with Gasteiger partial charge in [0.15, 0.2) is 0 Å². The van der Waals surface area contributed by atoms with E-state index < -0.39 is 0 Å². The van der Waals surface area contributed by atoms with Crippen LogP contribution in [0.5, 0.6) is 0 Å². The fourth-order valence-electron chi connectivity index (χ4n) is 1.53. The average molecular weight is 235 g/mol. The first-order chi connectivity index (χ1) is 8.43.